The lowest BCUT2D eigenvalue weighted by Gasteiger charge is -2.35. The minimum absolute atomic E-state index is 0. The third-order valence-electron chi connectivity index (χ3n) is 4.73. The van der Waals surface area contributed by atoms with Crippen molar-refractivity contribution in [2.75, 3.05) is 72.7 Å². The SMILES string of the molecule is CN=C(NCCS(C)(=O)=O)NCC(c1ccc(OC)c(OC)c1)N1CCOCC1.I. The van der Waals surface area contributed by atoms with E-state index in [2.05, 4.69) is 20.5 Å². The lowest BCUT2D eigenvalue weighted by atomic mass is 10.0. The number of aliphatic imine (C=N–C) groups is 1. The Bertz CT molecular complexity index is 785. The fraction of sp³-hybridized carbons (Fsp3) is 0.632. The maximum Gasteiger partial charge on any atom is 0.191 e. The van der Waals surface area contributed by atoms with Crippen molar-refractivity contribution in [1.29, 1.82) is 0 Å². The van der Waals surface area contributed by atoms with Gasteiger partial charge in [-0.15, -0.1) is 24.0 Å². The average Bonchev–Trinajstić information content (AvgIpc) is 2.72. The van der Waals surface area contributed by atoms with Gasteiger partial charge in [0, 0.05) is 39.5 Å². The fourth-order valence-corrected chi connectivity index (χ4v) is 3.65. The van der Waals surface area contributed by atoms with E-state index >= 15 is 0 Å². The number of rotatable bonds is 9. The molecule has 1 atom stereocenters. The van der Waals surface area contributed by atoms with Crippen LogP contribution in [0.1, 0.15) is 11.6 Å². The summed E-state index contributed by atoms with van der Waals surface area (Å²) in [7, 11) is 1.87. The number of hydrogen-bond donors (Lipinski definition) is 2. The monoisotopic (exact) mass is 556 g/mol. The minimum Gasteiger partial charge on any atom is -0.493 e. The maximum atomic E-state index is 11.3. The van der Waals surface area contributed by atoms with Gasteiger partial charge in [0.1, 0.15) is 9.84 Å². The van der Waals surface area contributed by atoms with E-state index < -0.39 is 9.84 Å². The Kier molecular flexibility index (Phi) is 11.7. The van der Waals surface area contributed by atoms with Crippen LogP contribution in [-0.4, -0.2) is 91.9 Å². The Morgan fingerprint density at radius 3 is 2.43 bits per heavy atom. The molecule has 0 bridgehead atoms. The standard InChI is InChI=1S/C19H32N4O5S.HI/c1-20-19(21-7-12-29(4,24)25)22-14-16(23-8-10-28-11-9-23)15-5-6-17(26-2)18(13-15)27-3;/h5-6,13,16H,7-12,14H2,1-4H3,(H2,20,21,22);1H. The molecule has 0 radical (unpaired) electrons. The van der Waals surface area contributed by atoms with Gasteiger partial charge in [-0.1, -0.05) is 6.07 Å². The van der Waals surface area contributed by atoms with Crippen LogP contribution in [0.3, 0.4) is 0 Å². The first-order valence-electron chi connectivity index (χ1n) is 9.54. The molecule has 2 N–H and O–H groups in total. The third kappa shape index (κ3) is 8.44. The van der Waals surface area contributed by atoms with Crippen LogP contribution < -0.4 is 20.1 Å². The maximum absolute atomic E-state index is 11.3. The van der Waals surface area contributed by atoms with Gasteiger partial charge in [0.05, 0.1) is 39.2 Å². The zero-order valence-corrected chi connectivity index (χ0v) is 21.2. The van der Waals surface area contributed by atoms with Gasteiger partial charge in [0.2, 0.25) is 0 Å². The molecule has 9 nitrogen and oxygen atoms in total. The first-order chi connectivity index (χ1) is 13.9. The summed E-state index contributed by atoms with van der Waals surface area (Å²) in [6.07, 6.45) is 1.22. The quantitative estimate of drug-likeness (QED) is 0.263. The highest BCUT2D eigenvalue weighted by Crippen LogP contribution is 2.32. The molecule has 1 heterocycles. The van der Waals surface area contributed by atoms with Crippen molar-refractivity contribution < 1.29 is 22.6 Å². The fourth-order valence-electron chi connectivity index (χ4n) is 3.18. The Morgan fingerprint density at radius 1 is 1.20 bits per heavy atom. The first kappa shape index (κ1) is 26.7. The van der Waals surface area contributed by atoms with E-state index in [9.17, 15) is 8.42 Å². The number of halogens is 1. The summed E-state index contributed by atoms with van der Waals surface area (Å²) in [5.41, 5.74) is 1.09. The van der Waals surface area contributed by atoms with Gasteiger partial charge < -0.3 is 24.8 Å². The molecule has 11 heteroatoms. The molecule has 0 saturated carbocycles. The molecule has 1 aliphatic rings. The van der Waals surface area contributed by atoms with Crippen molar-refractivity contribution in [3.8, 4) is 11.5 Å². The number of nitrogens with one attached hydrogen (secondary N) is 2. The van der Waals surface area contributed by atoms with Crippen LogP contribution >= 0.6 is 24.0 Å². The summed E-state index contributed by atoms with van der Waals surface area (Å²) in [4.78, 5) is 6.54. The number of ether oxygens (including phenoxy) is 3. The van der Waals surface area contributed by atoms with Gasteiger partial charge in [-0.3, -0.25) is 9.89 Å². The molecule has 0 spiro atoms. The molecule has 1 saturated heterocycles. The Morgan fingerprint density at radius 2 is 1.87 bits per heavy atom. The highest BCUT2D eigenvalue weighted by Gasteiger charge is 2.24. The number of morpholine rings is 1. The lowest BCUT2D eigenvalue weighted by Crippen LogP contribution is -2.46. The summed E-state index contributed by atoms with van der Waals surface area (Å²) in [6, 6.07) is 5.98. The molecule has 1 aromatic rings. The average molecular weight is 556 g/mol. The number of hydrogen-bond acceptors (Lipinski definition) is 7. The second kappa shape index (κ2) is 13.2. The van der Waals surface area contributed by atoms with E-state index in [1.165, 1.54) is 6.26 Å². The van der Waals surface area contributed by atoms with Crippen LogP contribution in [-0.2, 0) is 14.6 Å². The summed E-state index contributed by atoms with van der Waals surface area (Å²) < 4.78 is 39.0. The lowest BCUT2D eigenvalue weighted by molar-refractivity contribution is 0.0169. The van der Waals surface area contributed by atoms with Crippen molar-refractivity contribution in [3.63, 3.8) is 0 Å². The molecule has 1 fully saturated rings. The van der Waals surface area contributed by atoms with E-state index in [0.29, 0.717) is 43.8 Å². The van der Waals surface area contributed by atoms with E-state index in [0.717, 1.165) is 18.7 Å². The van der Waals surface area contributed by atoms with E-state index in [4.69, 9.17) is 14.2 Å². The number of sulfone groups is 1. The molecule has 172 valence electrons. The first-order valence-corrected chi connectivity index (χ1v) is 11.6. The van der Waals surface area contributed by atoms with Crippen LogP contribution in [0.25, 0.3) is 0 Å². The third-order valence-corrected chi connectivity index (χ3v) is 5.68. The molecule has 1 unspecified atom stereocenters. The normalized spacial score (nSPS) is 16.3. The molecular formula is C19H33IN4O5S. The van der Waals surface area contributed by atoms with E-state index in [1.54, 1.807) is 21.3 Å². The number of benzene rings is 1. The van der Waals surface area contributed by atoms with E-state index in [1.807, 2.05) is 18.2 Å². The van der Waals surface area contributed by atoms with Crippen molar-refractivity contribution in [2.45, 2.75) is 6.04 Å². The minimum atomic E-state index is -3.03. The van der Waals surface area contributed by atoms with Gasteiger partial charge in [-0.2, -0.15) is 0 Å². The van der Waals surface area contributed by atoms with Gasteiger partial charge in [-0.25, -0.2) is 8.42 Å². The van der Waals surface area contributed by atoms with Gasteiger partial charge in [-0.05, 0) is 17.7 Å². The van der Waals surface area contributed by atoms with Crippen molar-refractivity contribution in [1.82, 2.24) is 15.5 Å². The second-order valence-electron chi connectivity index (χ2n) is 6.79. The van der Waals surface area contributed by atoms with Gasteiger partial charge in [0.15, 0.2) is 17.5 Å². The smallest absolute Gasteiger partial charge is 0.191 e. The van der Waals surface area contributed by atoms with Crippen molar-refractivity contribution in [3.05, 3.63) is 23.8 Å². The van der Waals surface area contributed by atoms with Crippen LogP contribution in [0.2, 0.25) is 0 Å². The van der Waals surface area contributed by atoms with E-state index in [-0.39, 0.29) is 35.8 Å². The molecule has 30 heavy (non-hydrogen) atoms. The van der Waals surface area contributed by atoms with Crippen LogP contribution in [0, 0.1) is 0 Å². The molecule has 1 aliphatic heterocycles. The molecule has 2 rings (SSSR count). The van der Waals surface area contributed by atoms with Crippen LogP contribution in [0.5, 0.6) is 11.5 Å². The summed E-state index contributed by atoms with van der Waals surface area (Å²) in [5, 5.41) is 6.36. The predicted molar refractivity (Wildman–Crippen MR) is 129 cm³/mol. The van der Waals surface area contributed by atoms with Crippen LogP contribution in [0.15, 0.2) is 23.2 Å². The van der Waals surface area contributed by atoms with Gasteiger partial charge in [0.25, 0.3) is 0 Å². The Balaban J connectivity index is 0.00000450. The van der Waals surface area contributed by atoms with Crippen molar-refractivity contribution >= 4 is 39.8 Å². The number of methoxy groups -OCH3 is 2. The second-order valence-corrected chi connectivity index (χ2v) is 9.05. The summed E-state index contributed by atoms with van der Waals surface area (Å²) >= 11 is 0. The largest absolute Gasteiger partial charge is 0.493 e. The molecule has 0 aromatic heterocycles. The number of guanidine groups is 1. The topological polar surface area (TPSA) is 101 Å². The molecule has 0 aliphatic carbocycles. The molecule has 1 aromatic carbocycles. The van der Waals surface area contributed by atoms with Crippen LogP contribution in [0.4, 0.5) is 0 Å². The predicted octanol–water partition coefficient (Wildman–Crippen LogP) is 0.905. The Labute approximate surface area is 196 Å². The van der Waals surface area contributed by atoms with Gasteiger partial charge >= 0.3 is 0 Å². The molecular weight excluding hydrogens is 523 g/mol. The summed E-state index contributed by atoms with van der Waals surface area (Å²) in [6.45, 7) is 3.91. The van der Waals surface area contributed by atoms with Crippen molar-refractivity contribution in [2.24, 2.45) is 4.99 Å². The Hall–Kier alpha value is -1.31. The number of nitrogens with zero attached hydrogens (tertiary/aromatic N) is 2. The highest BCUT2D eigenvalue weighted by molar-refractivity contribution is 14.0. The highest BCUT2D eigenvalue weighted by atomic mass is 127. The zero-order valence-electron chi connectivity index (χ0n) is 18.0. The molecule has 0 amide bonds. The summed E-state index contributed by atoms with van der Waals surface area (Å²) in [5.74, 6) is 1.98. The zero-order chi connectivity index (χ0) is 21.3.